The average Bonchev–Trinajstić information content (AvgIpc) is 2.43. The second kappa shape index (κ2) is 6.50. The van der Waals surface area contributed by atoms with Crippen LogP contribution in [0, 0.1) is 11.7 Å². The van der Waals surface area contributed by atoms with E-state index in [9.17, 15) is 12.8 Å². The van der Waals surface area contributed by atoms with E-state index in [-0.39, 0.29) is 22.7 Å². The highest BCUT2D eigenvalue weighted by atomic mass is 35.5. The number of sulfonamides is 1. The maximum atomic E-state index is 14.0. The molecule has 0 radical (unpaired) electrons. The van der Waals surface area contributed by atoms with Crippen LogP contribution in [0.15, 0.2) is 17.0 Å². The molecule has 1 aliphatic carbocycles. The van der Waals surface area contributed by atoms with E-state index in [1.807, 2.05) is 6.92 Å². The van der Waals surface area contributed by atoms with Crippen molar-refractivity contribution in [2.75, 3.05) is 5.73 Å². The zero-order valence-electron chi connectivity index (χ0n) is 11.9. The van der Waals surface area contributed by atoms with Crippen LogP contribution in [0.2, 0.25) is 5.02 Å². The van der Waals surface area contributed by atoms with Crippen LogP contribution in [0.3, 0.4) is 0 Å². The van der Waals surface area contributed by atoms with E-state index in [1.165, 1.54) is 12.5 Å². The number of nitrogens with two attached hydrogens (primary N) is 1. The van der Waals surface area contributed by atoms with Crippen molar-refractivity contribution in [3.8, 4) is 0 Å². The molecule has 0 bridgehead atoms. The highest BCUT2D eigenvalue weighted by Gasteiger charge is 2.28. The van der Waals surface area contributed by atoms with Crippen molar-refractivity contribution in [1.29, 1.82) is 0 Å². The van der Waals surface area contributed by atoms with E-state index in [4.69, 9.17) is 17.3 Å². The molecule has 118 valence electrons. The first-order valence-electron chi connectivity index (χ1n) is 7.08. The molecule has 0 saturated heterocycles. The first kappa shape index (κ1) is 16.5. The van der Waals surface area contributed by atoms with Crippen molar-refractivity contribution in [2.24, 2.45) is 5.92 Å². The molecule has 0 spiro atoms. The number of rotatable bonds is 4. The second-order valence-corrected chi connectivity index (χ2v) is 7.73. The van der Waals surface area contributed by atoms with Crippen LogP contribution in [-0.4, -0.2) is 14.5 Å². The monoisotopic (exact) mass is 334 g/mol. The van der Waals surface area contributed by atoms with Gasteiger partial charge in [-0.3, -0.25) is 0 Å². The topological polar surface area (TPSA) is 72.2 Å². The smallest absolute Gasteiger partial charge is 0.243 e. The van der Waals surface area contributed by atoms with Gasteiger partial charge in [0.25, 0.3) is 0 Å². The van der Waals surface area contributed by atoms with Gasteiger partial charge >= 0.3 is 0 Å². The maximum Gasteiger partial charge on any atom is 0.243 e. The Morgan fingerprint density at radius 1 is 1.33 bits per heavy atom. The SMILES string of the molecule is CC(NS(=O)(=O)c1cc(Cl)cc(N)c1F)C1CCCCC1. The third-order valence-electron chi connectivity index (χ3n) is 4.02. The maximum absolute atomic E-state index is 14.0. The second-order valence-electron chi connectivity index (χ2n) is 5.62. The van der Waals surface area contributed by atoms with Gasteiger partial charge in [-0.1, -0.05) is 30.9 Å². The van der Waals surface area contributed by atoms with E-state index in [1.54, 1.807) is 0 Å². The van der Waals surface area contributed by atoms with Gasteiger partial charge in [-0.05, 0) is 37.8 Å². The van der Waals surface area contributed by atoms with E-state index in [2.05, 4.69) is 4.72 Å². The Balaban J connectivity index is 2.22. The summed E-state index contributed by atoms with van der Waals surface area (Å²) in [6, 6.07) is 2.04. The lowest BCUT2D eigenvalue weighted by Crippen LogP contribution is -2.39. The largest absolute Gasteiger partial charge is 0.396 e. The third kappa shape index (κ3) is 3.87. The molecule has 0 aliphatic heterocycles. The Morgan fingerprint density at radius 2 is 1.95 bits per heavy atom. The van der Waals surface area contributed by atoms with Crippen LogP contribution < -0.4 is 10.5 Å². The van der Waals surface area contributed by atoms with E-state index in [0.29, 0.717) is 0 Å². The Kier molecular flexibility index (Phi) is 5.11. The normalized spacial score (nSPS) is 18.6. The summed E-state index contributed by atoms with van der Waals surface area (Å²) in [6.45, 7) is 1.82. The van der Waals surface area contributed by atoms with Crippen LogP contribution in [0.1, 0.15) is 39.0 Å². The summed E-state index contributed by atoms with van der Waals surface area (Å²) in [6.07, 6.45) is 5.38. The lowest BCUT2D eigenvalue weighted by Gasteiger charge is -2.28. The molecule has 1 atom stereocenters. The molecular weight excluding hydrogens is 315 g/mol. The molecule has 1 aromatic carbocycles. The summed E-state index contributed by atoms with van der Waals surface area (Å²) in [5.74, 6) is -0.670. The highest BCUT2D eigenvalue weighted by Crippen LogP contribution is 2.29. The van der Waals surface area contributed by atoms with Crippen molar-refractivity contribution in [1.82, 2.24) is 4.72 Å². The van der Waals surface area contributed by atoms with Gasteiger partial charge in [0.1, 0.15) is 4.90 Å². The molecule has 1 unspecified atom stereocenters. The average molecular weight is 335 g/mol. The lowest BCUT2D eigenvalue weighted by atomic mass is 9.85. The highest BCUT2D eigenvalue weighted by molar-refractivity contribution is 7.89. The fourth-order valence-corrected chi connectivity index (χ4v) is 4.55. The van der Waals surface area contributed by atoms with E-state index >= 15 is 0 Å². The standard InChI is InChI=1S/C14H20ClFN2O2S/c1-9(10-5-3-2-4-6-10)18-21(19,20)13-8-11(15)7-12(17)14(13)16/h7-10,18H,2-6,17H2,1H3. The quantitative estimate of drug-likeness (QED) is 0.830. The van der Waals surface area contributed by atoms with Gasteiger partial charge in [0.05, 0.1) is 5.69 Å². The zero-order valence-corrected chi connectivity index (χ0v) is 13.5. The molecule has 4 nitrogen and oxygen atoms in total. The number of hydrogen-bond donors (Lipinski definition) is 2. The molecule has 1 aromatic rings. The molecule has 21 heavy (non-hydrogen) atoms. The van der Waals surface area contributed by atoms with Crippen LogP contribution in [0.5, 0.6) is 0 Å². The molecule has 1 saturated carbocycles. The number of hydrogen-bond acceptors (Lipinski definition) is 3. The van der Waals surface area contributed by atoms with Gasteiger partial charge in [0.2, 0.25) is 10.0 Å². The number of benzene rings is 1. The fraction of sp³-hybridized carbons (Fsp3) is 0.571. The number of anilines is 1. The molecular formula is C14H20ClFN2O2S. The third-order valence-corrected chi connectivity index (χ3v) is 5.80. The Bertz CT molecular complexity index is 616. The fourth-order valence-electron chi connectivity index (χ4n) is 2.82. The van der Waals surface area contributed by atoms with Gasteiger partial charge in [0.15, 0.2) is 5.82 Å². The summed E-state index contributed by atoms with van der Waals surface area (Å²) >= 11 is 5.77. The predicted octanol–water partition coefficient (Wildman–Crippen LogP) is 3.31. The molecule has 7 heteroatoms. The first-order chi connectivity index (χ1) is 9.81. The predicted molar refractivity (Wildman–Crippen MR) is 82.2 cm³/mol. The van der Waals surface area contributed by atoms with Gasteiger partial charge in [-0.25, -0.2) is 17.5 Å². The van der Waals surface area contributed by atoms with Crippen molar-refractivity contribution in [2.45, 2.75) is 50.0 Å². The summed E-state index contributed by atoms with van der Waals surface area (Å²) in [5, 5.41) is 0.0968. The molecule has 0 aromatic heterocycles. The summed E-state index contributed by atoms with van der Waals surface area (Å²) < 4.78 is 41.2. The van der Waals surface area contributed by atoms with Crippen molar-refractivity contribution < 1.29 is 12.8 Å². The van der Waals surface area contributed by atoms with Gasteiger partial charge in [0, 0.05) is 11.1 Å². The van der Waals surface area contributed by atoms with E-state index < -0.39 is 20.7 Å². The first-order valence-corrected chi connectivity index (χ1v) is 8.94. The van der Waals surface area contributed by atoms with Crippen molar-refractivity contribution >= 4 is 27.3 Å². The number of nitrogens with one attached hydrogen (secondary N) is 1. The summed E-state index contributed by atoms with van der Waals surface area (Å²) in [7, 11) is -3.97. The lowest BCUT2D eigenvalue weighted by molar-refractivity contribution is 0.303. The van der Waals surface area contributed by atoms with Crippen LogP contribution >= 0.6 is 11.6 Å². The minimum absolute atomic E-state index is 0.0968. The molecule has 1 aliphatic rings. The van der Waals surface area contributed by atoms with Gasteiger partial charge in [-0.15, -0.1) is 0 Å². The van der Waals surface area contributed by atoms with Crippen molar-refractivity contribution in [3.63, 3.8) is 0 Å². The summed E-state index contributed by atoms with van der Waals surface area (Å²) in [5.41, 5.74) is 5.17. The summed E-state index contributed by atoms with van der Waals surface area (Å²) in [4.78, 5) is -0.491. The van der Waals surface area contributed by atoms with Gasteiger partial charge in [-0.2, -0.15) is 0 Å². The molecule has 3 N–H and O–H groups in total. The van der Waals surface area contributed by atoms with Crippen LogP contribution in [0.25, 0.3) is 0 Å². The Morgan fingerprint density at radius 3 is 2.57 bits per heavy atom. The van der Waals surface area contributed by atoms with Crippen LogP contribution in [-0.2, 0) is 10.0 Å². The number of nitrogen functional groups attached to an aromatic ring is 1. The molecule has 0 heterocycles. The minimum Gasteiger partial charge on any atom is -0.396 e. The van der Waals surface area contributed by atoms with Crippen LogP contribution in [0.4, 0.5) is 10.1 Å². The Hall–Kier alpha value is -0.850. The van der Waals surface area contributed by atoms with Gasteiger partial charge < -0.3 is 5.73 Å². The molecule has 2 rings (SSSR count). The number of halogens is 2. The minimum atomic E-state index is -3.97. The molecule has 1 fully saturated rings. The zero-order chi connectivity index (χ0) is 15.6. The molecule has 0 amide bonds. The van der Waals surface area contributed by atoms with E-state index in [0.717, 1.165) is 31.7 Å². The van der Waals surface area contributed by atoms with Crippen molar-refractivity contribution in [3.05, 3.63) is 23.0 Å². The Labute approximate surface area is 129 Å².